The fraction of sp³-hybridized carbons (Fsp3) is 0.648. The van der Waals surface area contributed by atoms with Gasteiger partial charge in [-0.05, 0) is 301 Å². The summed E-state index contributed by atoms with van der Waals surface area (Å²) in [6, 6.07) is 23.1. The Morgan fingerprint density at radius 2 is 0.630 bits per heavy atom. The quantitative estimate of drug-likeness (QED) is 0.0149. The minimum absolute atomic E-state index is 0.0210. The zero-order valence-electron chi connectivity index (χ0n) is 69.9. The molecule has 0 unspecified atom stereocenters. The standard InChI is InChI=1S/C24H34O7.C23H32O7.2C22H30O7/c1-3-17(31-24(28)14-29-4-2)8-9-18-19-10-15-6-5-7-22(30-13-23(26)27)20(15)11-16(19)12-21(18)25;1-3-16(30-23(27)13-28-2)7-8-17-18-9-14-5-4-6-21(29-12-22(25)26)19(14)10-15(18)11-20(17)24;1-3-15(29-22(26)27-2)7-8-16-17-9-13-5-4-6-20(28-12-21(24)25)18(13)10-14(17)11-19(16)23;1-2-15(29-22(27)11-23)6-7-16-17-8-13-4-3-5-20(28-12-21(25)26)18(13)9-14(17)10-19(16)24/h5-7,16-19,21,25H,3-4,8-14H2,1-2H3,(H,26,27);4-6,15-18,20,24H,3,7-13H2,1-2H3,(H,25,26);4-6,14-17,19,23H,3,7-12H2,1-2H3,(H,24,25);3-5,14-17,19,23-24H,2,6-12H2,1H3,(H,25,26)/t16-,17-,18+,19-,21+;15-,16-,17+,18-,20+;2*14-,15-,16+,17-,19+/m0000/s1. The van der Waals surface area contributed by atoms with Crippen LogP contribution in [0.1, 0.15) is 182 Å². The van der Waals surface area contributed by atoms with Crippen LogP contribution in [0.3, 0.4) is 0 Å². The maximum atomic E-state index is 11.9. The van der Waals surface area contributed by atoms with Gasteiger partial charge in [-0.15, -0.1) is 0 Å². The first kappa shape index (κ1) is 94.2. The highest BCUT2D eigenvalue weighted by Crippen LogP contribution is 2.53. The zero-order chi connectivity index (χ0) is 86.0. The van der Waals surface area contributed by atoms with Gasteiger partial charge in [0, 0.05) is 13.7 Å². The first-order valence-corrected chi connectivity index (χ1v) is 42.7. The number of esters is 3. The van der Waals surface area contributed by atoms with Crippen molar-refractivity contribution >= 4 is 47.9 Å². The third kappa shape index (κ3) is 26.4. The van der Waals surface area contributed by atoms with Crippen LogP contribution in [0, 0.1) is 71.0 Å². The van der Waals surface area contributed by atoms with Crippen molar-refractivity contribution in [2.75, 3.05) is 67.1 Å². The molecule has 4 saturated carbocycles. The number of ether oxygens (including phenoxy) is 11. The zero-order valence-corrected chi connectivity index (χ0v) is 69.9. The van der Waals surface area contributed by atoms with Crippen LogP contribution in [0.25, 0.3) is 0 Å². The Hall–Kier alpha value is -8.64. The Morgan fingerprint density at radius 3 is 0.874 bits per heavy atom. The van der Waals surface area contributed by atoms with Crippen molar-refractivity contribution in [2.45, 2.75) is 238 Å². The number of methoxy groups -OCH3 is 2. The fourth-order valence-corrected chi connectivity index (χ4v) is 20.4. The fourth-order valence-electron chi connectivity index (χ4n) is 20.4. The van der Waals surface area contributed by atoms with Crippen LogP contribution in [0.15, 0.2) is 72.8 Å². The molecule has 8 aliphatic rings. The average molecular weight is 1670 g/mol. The predicted molar refractivity (Wildman–Crippen MR) is 433 cm³/mol. The molecule has 28 heteroatoms. The van der Waals surface area contributed by atoms with Crippen molar-refractivity contribution in [3.8, 4) is 23.0 Å². The number of fused-ring (bicyclic) bond motifs is 8. The number of carboxylic acids is 4. The molecule has 0 amide bonds. The Balaban J connectivity index is 0.000000181. The van der Waals surface area contributed by atoms with E-state index in [4.69, 9.17) is 72.9 Å². The first-order valence-electron chi connectivity index (χ1n) is 42.7. The molecule has 0 aliphatic heterocycles. The van der Waals surface area contributed by atoms with Gasteiger partial charge in [0.2, 0.25) is 0 Å². The van der Waals surface area contributed by atoms with Crippen LogP contribution in [0.2, 0.25) is 0 Å². The molecule has 4 aromatic rings. The van der Waals surface area contributed by atoms with E-state index in [9.17, 15) is 58.8 Å². The molecule has 0 aromatic heterocycles. The Labute approximate surface area is 697 Å². The summed E-state index contributed by atoms with van der Waals surface area (Å²) in [6.07, 6.45) is 15.4. The van der Waals surface area contributed by atoms with Crippen molar-refractivity contribution in [3.05, 3.63) is 117 Å². The highest BCUT2D eigenvalue weighted by molar-refractivity contribution is 5.72. The Kier molecular flexibility index (Phi) is 36.7. The first-order chi connectivity index (χ1) is 57.2. The van der Waals surface area contributed by atoms with Gasteiger partial charge < -0.3 is 98.1 Å². The third-order valence-electron chi connectivity index (χ3n) is 26.0. The van der Waals surface area contributed by atoms with Crippen LogP contribution >= 0.6 is 0 Å². The highest BCUT2D eigenvalue weighted by atomic mass is 16.7. The largest absolute Gasteiger partial charge is 0.508 e. The Morgan fingerprint density at radius 1 is 0.361 bits per heavy atom. The summed E-state index contributed by atoms with van der Waals surface area (Å²) in [5, 5.41) is 87.5. The smallest absolute Gasteiger partial charge is 0.482 e. The molecule has 658 valence electrons. The van der Waals surface area contributed by atoms with E-state index >= 15 is 0 Å². The molecule has 4 fully saturated rings. The van der Waals surface area contributed by atoms with E-state index in [0.29, 0.717) is 103 Å². The molecule has 12 rings (SSSR count). The van der Waals surface area contributed by atoms with Crippen LogP contribution in [0.4, 0.5) is 4.79 Å². The van der Waals surface area contributed by atoms with Gasteiger partial charge in [0.25, 0.3) is 0 Å². The molecule has 0 spiro atoms. The molecule has 0 bridgehead atoms. The number of carboxylic acid groups (broad SMARTS) is 4. The average Bonchev–Trinajstić information content (AvgIpc) is 1.66. The van der Waals surface area contributed by atoms with E-state index in [1.165, 1.54) is 30.9 Å². The minimum Gasteiger partial charge on any atom is -0.482 e. The second kappa shape index (κ2) is 46.4. The van der Waals surface area contributed by atoms with Crippen molar-refractivity contribution in [3.63, 3.8) is 0 Å². The molecule has 28 nitrogen and oxygen atoms in total. The maximum absolute atomic E-state index is 11.9. The molecule has 20 atom stereocenters. The van der Waals surface area contributed by atoms with Crippen molar-refractivity contribution < 1.29 is 136 Å². The van der Waals surface area contributed by atoms with Gasteiger partial charge in [0.05, 0.1) is 31.5 Å². The number of hydrogen-bond donors (Lipinski definition) is 9. The molecule has 8 aliphatic carbocycles. The van der Waals surface area contributed by atoms with Gasteiger partial charge in [-0.2, -0.15) is 0 Å². The number of aliphatic hydroxyl groups excluding tert-OH is 5. The normalized spacial score (nSPS) is 25.9. The van der Waals surface area contributed by atoms with E-state index in [1.807, 2.05) is 83.1 Å². The van der Waals surface area contributed by atoms with Gasteiger partial charge in [-0.3, -0.25) is 0 Å². The monoisotopic (exact) mass is 1670 g/mol. The summed E-state index contributed by atoms with van der Waals surface area (Å²) < 4.78 is 58.1. The molecule has 0 radical (unpaired) electrons. The number of rotatable bonds is 38. The number of aliphatic hydroxyl groups is 5. The second-order valence-corrected chi connectivity index (χ2v) is 33.2. The van der Waals surface area contributed by atoms with Crippen LogP contribution in [0.5, 0.6) is 23.0 Å². The number of carbonyl (C=O) groups excluding carboxylic acids is 4. The summed E-state index contributed by atoms with van der Waals surface area (Å²) in [4.78, 5) is 89.8. The minimum atomic E-state index is -1.000. The third-order valence-corrected chi connectivity index (χ3v) is 26.0. The summed E-state index contributed by atoms with van der Waals surface area (Å²) in [6.45, 7) is 8.13. The lowest BCUT2D eigenvalue weighted by Crippen LogP contribution is -2.29. The number of carbonyl (C=O) groups is 8. The second-order valence-electron chi connectivity index (χ2n) is 33.2. The van der Waals surface area contributed by atoms with E-state index in [0.717, 1.165) is 156 Å². The molecule has 9 N–H and O–H groups in total. The predicted octanol–water partition coefficient (Wildman–Crippen LogP) is 10.8. The lowest BCUT2D eigenvalue weighted by molar-refractivity contribution is -0.155. The van der Waals surface area contributed by atoms with Crippen molar-refractivity contribution in [1.82, 2.24) is 0 Å². The van der Waals surface area contributed by atoms with Gasteiger partial charge >= 0.3 is 47.9 Å². The molecule has 119 heavy (non-hydrogen) atoms. The lowest BCUT2D eigenvalue weighted by Gasteiger charge is -2.32. The van der Waals surface area contributed by atoms with E-state index in [1.54, 1.807) is 0 Å². The van der Waals surface area contributed by atoms with Crippen LogP contribution in [-0.2, 0) is 118 Å². The van der Waals surface area contributed by atoms with Crippen LogP contribution in [-0.4, -0.2) is 210 Å². The Bertz CT molecular complexity index is 3850. The molecular formula is C91H126O28. The van der Waals surface area contributed by atoms with Gasteiger partial charge in [0.1, 0.15) is 67.2 Å². The number of hydrogen-bond acceptors (Lipinski definition) is 24. The topological polar surface area (TPSA) is 420 Å². The molecule has 0 heterocycles. The summed E-state index contributed by atoms with van der Waals surface area (Å²) in [5.74, 6) is 0.737. The summed E-state index contributed by atoms with van der Waals surface area (Å²) in [5.41, 5.74) is 8.98. The summed E-state index contributed by atoms with van der Waals surface area (Å²) in [7, 11) is 2.77. The van der Waals surface area contributed by atoms with Gasteiger partial charge in [-0.25, -0.2) is 38.4 Å². The van der Waals surface area contributed by atoms with E-state index < -0.39 is 48.7 Å². The van der Waals surface area contributed by atoms with E-state index in [-0.39, 0.29) is 118 Å². The highest BCUT2D eigenvalue weighted by Gasteiger charge is 2.50. The van der Waals surface area contributed by atoms with Gasteiger partial charge in [-0.1, -0.05) is 76.2 Å². The molecule has 0 saturated heterocycles. The van der Waals surface area contributed by atoms with Crippen molar-refractivity contribution in [1.29, 1.82) is 0 Å². The summed E-state index contributed by atoms with van der Waals surface area (Å²) >= 11 is 0. The number of benzene rings is 4. The lowest BCUT2D eigenvalue weighted by atomic mass is 9.73. The van der Waals surface area contributed by atoms with Crippen molar-refractivity contribution in [2.24, 2.45) is 71.0 Å². The maximum Gasteiger partial charge on any atom is 0.508 e. The molecule has 4 aromatic carbocycles. The van der Waals surface area contributed by atoms with Gasteiger partial charge in [0.15, 0.2) is 26.4 Å². The van der Waals surface area contributed by atoms with E-state index in [2.05, 4.69) is 29.0 Å². The van der Waals surface area contributed by atoms with Crippen LogP contribution < -0.4 is 18.9 Å². The number of aliphatic carboxylic acids is 4. The molecular weight excluding hydrogens is 1540 g/mol. The SMILES string of the molecule is CCOCC(=O)O[C@@H](CC)CC[C@@H]1[C@H]2Cc3cccc(OCC(=O)O)c3C[C@H]2C[C@H]1O.CC[C@@H](CC[C@@H]1[C@H]2Cc3cccc(OCC(=O)O)c3C[C@H]2C[C@H]1O)OC(=O)CO.CC[C@@H](CC[C@@H]1[C@H]2Cc3cccc(OCC(=O)O)c3C[C@H]2C[C@H]1O)OC(=O)COC.CC[C@@H](CC[C@@H]1[C@H]2Cc3cccc(OCC(=O)O)c3C[C@H]2C[C@H]1O)OC(=O)OC.